The van der Waals surface area contributed by atoms with Crippen molar-refractivity contribution in [1.82, 2.24) is 4.90 Å². The summed E-state index contributed by atoms with van der Waals surface area (Å²) >= 11 is 6.24. The van der Waals surface area contributed by atoms with Crippen LogP contribution in [0.25, 0.3) is 0 Å². The molecule has 0 heterocycles. The van der Waals surface area contributed by atoms with Gasteiger partial charge in [-0.25, -0.2) is 4.99 Å². The second-order valence-electron chi connectivity index (χ2n) is 5.06. The fraction of sp³-hybridized carbons (Fsp3) is 0.533. The molecule has 1 saturated carbocycles. The van der Waals surface area contributed by atoms with E-state index in [1.54, 1.807) is 7.11 Å². The summed E-state index contributed by atoms with van der Waals surface area (Å²) in [4.78, 5) is 6.43. The summed E-state index contributed by atoms with van der Waals surface area (Å²) in [6.07, 6.45) is 2.38. The minimum atomic E-state index is 0. The van der Waals surface area contributed by atoms with E-state index in [1.807, 2.05) is 31.0 Å². The number of hydrogen-bond acceptors (Lipinski definition) is 3. The molecule has 1 aromatic carbocycles. The zero-order valence-electron chi connectivity index (χ0n) is 13.1. The van der Waals surface area contributed by atoms with Gasteiger partial charge in [0.05, 0.1) is 25.3 Å². The molecule has 0 unspecified atom stereocenters. The fourth-order valence-corrected chi connectivity index (χ4v) is 2.37. The van der Waals surface area contributed by atoms with E-state index in [0.717, 1.165) is 5.56 Å². The van der Waals surface area contributed by atoms with Gasteiger partial charge in [0, 0.05) is 13.1 Å². The highest BCUT2D eigenvalue weighted by Gasteiger charge is 2.27. The molecule has 2 rings (SSSR count). The molecule has 1 aliphatic rings. The molecule has 7 heteroatoms. The number of ether oxygens (including phenoxy) is 2. The molecule has 5 nitrogen and oxygen atoms in total. The number of methoxy groups -OCH3 is 1. The minimum absolute atomic E-state index is 0. The van der Waals surface area contributed by atoms with Gasteiger partial charge < -0.3 is 20.1 Å². The molecule has 0 amide bonds. The Morgan fingerprint density at radius 2 is 2.14 bits per heavy atom. The second kappa shape index (κ2) is 8.67. The van der Waals surface area contributed by atoms with Crippen LogP contribution in [0.3, 0.4) is 0 Å². The summed E-state index contributed by atoms with van der Waals surface area (Å²) in [6.45, 7) is 2.90. The first kappa shape index (κ1) is 19.2. The van der Waals surface area contributed by atoms with Crippen LogP contribution in [0.15, 0.2) is 17.1 Å². The molecule has 2 N–H and O–H groups in total. The number of halogens is 2. The summed E-state index contributed by atoms with van der Waals surface area (Å²) in [6, 6.07) is 4.26. The van der Waals surface area contributed by atoms with Crippen molar-refractivity contribution in [3.63, 3.8) is 0 Å². The molecule has 124 valence electrons. The van der Waals surface area contributed by atoms with E-state index in [1.165, 1.54) is 12.8 Å². The highest BCUT2D eigenvalue weighted by atomic mass is 127. The lowest BCUT2D eigenvalue weighted by Gasteiger charge is -2.17. The van der Waals surface area contributed by atoms with E-state index in [4.69, 9.17) is 26.8 Å². The summed E-state index contributed by atoms with van der Waals surface area (Å²) in [5, 5.41) is 0.524. The van der Waals surface area contributed by atoms with Gasteiger partial charge in [0.15, 0.2) is 17.5 Å². The largest absolute Gasteiger partial charge is 0.493 e. The SMILES string of the molecule is CCOc1c(Cl)cc(CN=C(N)N(C)C2CC2)cc1OC.I. The average molecular weight is 440 g/mol. The van der Waals surface area contributed by atoms with Gasteiger partial charge in [-0.3, -0.25) is 0 Å². The number of aliphatic imine (C=N–C) groups is 1. The van der Waals surface area contributed by atoms with Crippen LogP contribution in [0, 0.1) is 0 Å². The lowest BCUT2D eigenvalue weighted by molar-refractivity contribution is 0.311. The molecule has 0 spiro atoms. The highest BCUT2D eigenvalue weighted by molar-refractivity contribution is 14.0. The molecule has 0 atom stereocenters. The lowest BCUT2D eigenvalue weighted by atomic mass is 10.2. The van der Waals surface area contributed by atoms with E-state index in [9.17, 15) is 0 Å². The molecule has 0 saturated heterocycles. The van der Waals surface area contributed by atoms with Crippen LogP contribution in [-0.4, -0.2) is 37.7 Å². The number of hydrogen-bond donors (Lipinski definition) is 1. The Labute approximate surface area is 153 Å². The number of nitrogens with two attached hydrogens (primary N) is 1. The van der Waals surface area contributed by atoms with Crippen molar-refractivity contribution in [3.8, 4) is 11.5 Å². The Morgan fingerprint density at radius 3 is 2.68 bits per heavy atom. The van der Waals surface area contributed by atoms with Gasteiger partial charge in [0.1, 0.15) is 0 Å². The Balaban J connectivity index is 0.00000242. The summed E-state index contributed by atoms with van der Waals surface area (Å²) in [5.74, 6) is 1.74. The smallest absolute Gasteiger partial charge is 0.191 e. The Hall–Kier alpha value is -0.890. The molecule has 1 fully saturated rings. The van der Waals surface area contributed by atoms with Crippen LogP contribution < -0.4 is 15.2 Å². The Morgan fingerprint density at radius 1 is 1.45 bits per heavy atom. The average Bonchev–Trinajstić information content (AvgIpc) is 3.30. The van der Waals surface area contributed by atoms with Crippen molar-refractivity contribution >= 4 is 41.5 Å². The van der Waals surface area contributed by atoms with Crippen LogP contribution in [0.1, 0.15) is 25.3 Å². The van der Waals surface area contributed by atoms with Gasteiger partial charge in [0.25, 0.3) is 0 Å². The number of rotatable bonds is 6. The third-order valence-corrected chi connectivity index (χ3v) is 3.74. The van der Waals surface area contributed by atoms with Crippen LogP contribution in [0.2, 0.25) is 5.02 Å². The monoisotopic (exact) mass is 439 g/mol. The fourth-order valence-electron chi connectivity index (χ4n) is 2.08. The summed E-state index contributed by atoms with van der Waals surface area (Å²) < 4.78 is 10.8. The number of benzene rings is 1. The van der Waals surface area contributed by atoms with Gasteiger partial charge in [-0.15, -0.1) is 24.0 Å². The van der Waals surface area contributed by atoms with Crippen molar-refractivity contribution in [2.45, 2.75) is 32.4 Å². The zero-order valence-corrected chi connectivity index (χ0v) is 16.2. The van der Waals surface area contributed by atoms with Crippen LogP contribution in [-0.2, 0) is 6.54 Å². The van der Waals surface area contributed by atoms with Crippen LogP contribution in [0.5, 0.6) is 11.5 Å². The van der Waals surface area contributed by atoms with Gasteiger partial charge in [-0.1, -0.05) is 11.6 Å². The summed E-state index contributed by atoms with van der Waals surface area (Å²) in [7, 11) is 3.57. The molecular formula is C15H23ClIN3O2. The predicted molar refractivity (Wildman–Crippen MR) is 101 cm³/mol. The quantitative estimate of drug-likeness (QED) is 0.420. The van der Waals surface area contributed by atoms with Crippen molar-refractivity contribution < 1.29 is 9.47 Å². The van der Waals surface area contributed by atoms with E-state index >= 15 is 0 Å². The van der Waals surface area contributed by atoms with E-state index < -0.39 is 0 Å². The van der Waals surface area contributed by atoms with Crippen LogP contribution >= 0.6 is 35.6 Å². The molecule has 0 bridgehead atoms. The molecule has 0 radical (unpaired) electrons. The van der Waals surface area contributed by atoms with Gasteiger partial charge >= 0.3 is 0 Å². The third kappa shape index (κ3) is 4.81. The highest BCUT2D eigenvalue weighted by Crippen LogP contribution is 2.36. The second-order valence-corrected chi connectivity index (χ2v) is 5.47. The predicted octanol–water partition coefficient (Wildman–Crippen LogP) is 3.27. The summed E-state index contributed by atoms with van der Waals surface area (Å²) in [5.41, 5.74) is 6.92. The van der Waals surface area contributed by atoms with E-state index in [2.05, 4.69) is 4.99 Å². The van der Waals surface area contributed by atoms with Gasteiger partial charge in [-0.2, -0.15) is 0 Å². The maximum Gasteiger partial charge on any atom is 0.191 e. The standard InChI is InChI=1S/C15H22ClN3O2.HI/c1-4-21-14-12(16)7-10(8-13(14)20-3)9-18-15(17)19(2)11-5-6-11;/h7-8,11H,4-6,9H2,1-3H3,(H2,17,18);1H. The van der Waals surface area contributed by atoms with Gasteiger partial charge in [0.2, 0.25) is 0 Å². The van der Waals surface area contributed by atoms with Crippen molar-refractivity contribution in [1.29, 1.82) is 0 Å². The number of nitrogens with zero attached hydrogens (tertiary/aromatic N) is 2. The van der Waals surface area contributed by atoms with E-state index in [-0.39, 0.29) is 24.0 Å². The van der Waals surface area contributed by atoms with Crippen molar-refractivity contribution in [3.05, 3.63) is 22.7 Å². The topological polar surface area (TPSA) is 60.1 Å². The minimum Gasteiger partial charge on any atom is -0.493 e. The zero-order chi connectivity index (χ0) is 15.4. The van der Waals surface area contributed by atoms with Crippen LogP contribution in [0.4, 0.5) is 0 Å². The van der Waals surface area contributed by atoms with Crippen molar-refractivity contribution in [2.75, 3.05) is 20.8 Å². The maximum atomic E-state index is 6.24. The lowest BCUT2D eigenvalue weighted by Crippen LogP contribution is -2.35. The van der Waals surface area contributed by atoms with E-state index in [0.29, 0.717) is 41.7 Å². The molecule has 0 aliphatic heterocycles. The maximum absolute atomic E-state index is 6.24. The molecular weight excluding hydrogens is 417 g/mol. The normalized spacial score (nSPS) is 14.3. The first-order valence-corrected chi connectivity index (χ1v) is 7.46. The molecule has 22 heavy (non-hydrogen) atoms. The Bertz CT molecular complexity index is 536. The first-order chi connectivity index (χ1) is 10.1. The first-order valence-electron chi connectivity index (χ1n) is 7.08. The number of guanidine groups is 1. The molecule has 0 aromatic heterocycles. The Kier molecular flexibility index (Phi) is 7.55. The third-order valence-electron chi connectivity index (χ3n) is 3.46. The van der Waals surface area contributed by atoms with Crippen molar-refractivity contribution in [2.24, 2.45) is 10.7 Å². The van der Waals surface area contributed by atoms with Gasteiger partial charge in [-0.05, 0) is 37.5 Å². The molecule has 1 aromatic rings. The molecule has 1 aliphatic carbocycles.